The van der Waals surface area contributed by atoms with Gasteiger partial charge in [0, 0.05) is 5.75 Å². The predicted octanol–water partition coefficient (Wildman–Crippen LogP) is 0.953. The van der Waals surface area contributed by atoms with E-state index >= 15 is 0 Å². The normalized spacial score (nSPS) is 18.9. The monoisotopic (exact) mass is 237 g/mol. The fourth-order valence-corrected chi connectivity index (χ4v) is 2.32. The minimum atomic E-state index is -0.479. The van der Waals surface area contributed by atoms with Crippen LogP contribution in [0.1, 0.15) is 5.56 Å². The fourth-order valence-electron chi connectivity index (χ4n) is 1.32. The molecule has 1 saturated heterocycles. The second kappa shape index (κ2) is 4.57. The number of hydrogen-bond acceptors (Lipinski definition) is 4. The van der Waals surface area contributed by atoms with Crippen molar-refractivity contribution in [1.29, 1.82) is 0 Å². The third kappa shape index (κ3) is 2.19. The molecule has 1 N–H and O–H groups in total. The highest BCUT2D eigenvalue weighted by atomic mass is 32.2. The van der Waals surface area contributed by atoms with Crippen molar-refractivity contribution in [3.05, 3.63) is 29.8 Å². The van der Waals surface area contributed by atoms with Crippen LogP contribution in [0.2, 0.25) is 0 Å². The Labute approximate surface area is 97.4 Å². The fraction of sp³-hybridized carbons (Fsp3) is 0.273. The molecule has 16 heavy (non-hydrogen) atoms. The maximum Gasteiger partial charge on any atom is 0.291 e. The Morgan fingerprint density at radius 2 is 2.00 bits per heavy atom. The number of nitrogens with one attached hydrogen (secondary N) is 1. The smallest absolute Gasteiger partial charge is 0.291 e. The average Bonchev–Trinajstić information content (AvgIpc) is 2.34. The highest BCUT2D eigenvalue weighted by Crippen LogP contribution is 2.22. The molecule has 0 radical (unpaired) electrons. The summed E-state index contributed by atoms with van der Waals surface area (Å²) < 4.78 is 5.04. The van der Waals surface area contributed by atoms with E-state index in [1.165, 1.54) is 11.8 Å². The number of benzene rings is 1. The van der Waals surface area contributed by atoms with Gasteiger partial charge in [-0.05, 0) is 17.7 Å². The molecule has 4 nitrogen and oxygen atoms in total. The number of methoxy groups -OCH3 is 1. The first kappa shape index (κ1) is 11.0. The van der Waals surface area contributed by atoms with E-state index in [4.69, 9.17) is 4.74 Å². The van der Waals surface area contributed by atoms with Crippen LogP contribution in [0.25, 0.3) is 0 Å². The number of thioether (sulfide) groups is 1. The number of rotatable bonds is 4. The first-order valence-corrected chi connectivity index (χ1v) is 5.85. The molecule has 1 aromatic carbocycles. The number of ketones is 1. The molecule has 84 valence electrons. The molecule has 0 saturated carbocycles. The van der Waals surface area contributed by atoms with Crippen molar-refractivity contribution in [2.45, 2.75) is 11.1 Å². The van der Waals surface area contributed by atoms with E-state index in [9.17, 15) is 9.59 Å². The zero-order valence-electron chi connectivity index (χ0n) is 8.73. The molecule has 0 bridgehead atoms. The molecule has 1 fully saturated rings. The summed E-state index contributed by atoms with van der Waals surface area (Å²) in [6.07, 6.45) is 0. The summed E-state index contributed by atoms with van der Waals surface area (Å²) in [5.74, 6) is 0.688. The second-order valence-electron chi connectivity index (χ2n) is 3.38. The average molecular weight is 237 g/mol. The Bertz CT molecular complexity index is 416. The van der Waals surface area contributed by atoms with Crippen molar-refractivity contribution in [3.8, 4) is 5.75 Å². The number of β-lactam (4-membered cyclic amide) rings is 1. The van der Waals surface area contributed by atoms with Crippen molar-refractivity contribution in [2.75, 3.05) is 7.11 Å². The number of carbonyl (C=O) groups is 2. The summed E-state index contributed by atoms with van der Waals surface area (Å²) >= 11 is 1.42. The lowest BCUT2D eigenvalue weighted by molar-refractivity contribution is -0.144. The van der Waals surface area contributed by atoms with Gasteiger partial charge >= 0.3 is 0 Å². The molecule has 1 unspecified atom stereocenters. The maximum absolute atomic E-state index is 11.0. The summed E-state index contributed by atoms with van der Waals surface area (Å²) in [6, 6.07) is 7.63. The zero-order valence-corrected chi connectivity index (χ0v) is 9.54. The van der Waals surface area contributed by atoms with Gasteiger partial charge < -0.3 is 10.1 Å². The van der Waals surface area contributed by atoms with Gasteiger partial charge in [-0.15, -0.1) is 11.8 Å². The third-order valence-corrected chi connectivity index (χ3v) is 3.47. The van der Waals surface area contributed by atoms with Crippen LogP contribution in [0.15, 0.2) is 24.3 Å². The molecule has 1 atom stereocenters. The van der Waals surface area contributed by atoms with Crippen molar-refractivity contribution in [2.24, 2.45) is 0 Å². The number of ether oxygens (including phenoxy) is 1. The molecule has 1 heterocycles. The number of carbonyl (C=O) groups excluding carboxylic acids is 2. The van der Waals surface area contributed by atoms with Crippen molar-refractivity contribution >= 4 is 23.5 Å². The summed E-state index contributed by atoms with van der Waals surface area (Å²) in [5.41, 5.74) is 1.10. The molecule has 1 aliphatic heterocycles. The van der Waals surface area contributed by atoms with Gasteiger partial charge in [0.05, 0.1) is 7.11 Å². The lowest BCUT2D eigenvalue weighted by Gasteiger charge is -2.24. The summed E-state index contributed by atoms with van der Waals surface area (Å²) in [7, 11) is 1.62. The van der Waals surface area contributed by atoms with Crippen LogP contribution in [-0.2, 0) is 15.3 Å². The second-order valence-corrected chi connectivity index (χ2v) is 4.47. The summed E-state index contributed by atoms with van der Waals surface area (Å²) in [4.78, 5) is 21.7. The minimum Gasteiger partial charge on any atom is -0.497 e. The SMILES string of the molecule is COc1ccc(CSC2NC(=O)C2=O)cc1. The van der Waals surface area contributed by atoms with Crippen LogP contribution in [0.3, 0.4) is 0 Å². The lowest BCUT2D eigenvalue weighted by Crippen LogP contribution is -2.57. The third-order valence-electron chi connectivity index (χ3n) is 2.30. The number of amides is 1. The van der Waals surface area contributed by atoms with Crippen LogP contribution < -0.4 is 10.1 Å². The maximum atomic E-state index is 11.0. The quantitative estimate of drug-likeness (QED) is 0.626. The predicted molar refractivity (Wildman–Crippen MR) is 61.2 cm³/mol. The Balaban J connectivity index is 1.85. The molecule has 1 aliphatic rings. The van der Waals surface area contributed by atoms with E-state index in [2.05, 4.69) is 5.32 Å². The molecule has 2 rings (SSSR count). The molecule has 5 heteroatoms. The van der Waals surface area contributed by atoms with Crippen molar-refractivity contribution in [1.82, 2.24) is 5.32 Å². The van der Waals surface area contributed by atoms with Gasteiger partial charge in [0.1, 0.15) is 11.1 Å². The van der Waals surface area contributed by atoms with Crippen LogP contribution in [-0.4, -0.2) is 24.2 Å². The van der Waals surface area contributed by atoms with Gasteiger partial charge in [-0.2, -0.15) is 0 Å². The summed E-state index contributed by atoms with van der Waals surface area (Å²) in [5, 5.41) is 2.17. The van der Waals surface area contributed by atoms with E-state index in [0.717, 1.165) is 11.3 Å². The van der Waals surface area contributed by atoms with Crippen LogP contribution in [0.5, 0.6) is 5.75 Å². The Hall–Kier alpha value is -1.49. The Morgan fingerprint density at radius 1 is 1.31 bits per heavy atom. The molecule has 1 amide bonds. The van der Waals surface area contributed by atoms with E-state index in [1.54, 1.807) is 7.11 Å². The van der Waals surface area contributed by atoms with Crippen LogP contribution in [0, 0.1) is 0 Å². The van der Waals surface area contributed by atoms with E-state index in [-0.39, 0.29) is 11.2 Å². The number of hydrogen-bond donors (Lipinski definition) is 1. The van der Waals surface area contributed by atoms with Gasteiger partial charge in [-0.25, -0.2) is 0 Å². The van der Waals surface area contributed by atoms with Gasteiger partial charge in [0.2, 0.25) is 0 Å². The van der Waals surface area contributed by atoms with Gasteiger partial charge in [0.15, 0.2) is 0 Å². The van der Waals surface area contributed by atoms with Gasteiger partial charge in [0.25, 0.3) is 11.7 Å². The minimum absolute atomic E-state index is 0.335. The standard InChI is InChI=1S/C11H11NO3S/c1-15-8-4-2-7(3-5-8)6-16-11-9(13)10(14)12-11/h2-5,11H,6H2,1H3,(H,12,14). The molecular weight excluding hydrogens is 226 g/mol. The number of Topliss-reactive ketones (excluding diaryl/α,β-unsaturated/α-hetero) is 1. The first-order chi connectivity index (χ1) is 7.70. The van der Waals surface area contributed by atoms with Crippen LogP contribution >= 0.6 is 11.8 Å². The molecule has 0 aromatic heterocycles. The molecule has 1 aromatic rings. The lowest BCUT2D eigenvalue weighted by atomic mass is 10.2. The van der Waals surface area contributed by atoms with Crippen LogP contribution in [0.4, 0.5) is 0 Å². The summed E-state index contributed by atoms with van der Waals surface area (Å²) in [6.45, 7) is 0. The first-order valence-electron chi connectivity index (χ1n) is 4.80. The van der Waals surface area contributed by atoms with Crippen molar-refractivity contribution < 1.29 is 14.3 Å². The highest BCUT2D eigenvalue weighted by Gasteiger charge is 2.37. The van der Waals surface area contributed by atoms with E-state index < -0.39 is 5.91 Å². The Kier molecular flexibility index (Phi) is 3.14. The highest BCUT2D eigenvalue weighted by molar-refractivity contribution is 8.00. The molecule has 0 aliphatic carbocycles. The van der Waals surface area contributed by atoms with Gasteiger partial charge in [-0.3, -0.25) is 9.59 Å². The van der Waals surface area contributed by atoms with Crippen molar-refractivity contribution in [3.63, 3.8) is 0 Å². The molecular formula is C11H11NO3S. The van der Waals surface area contributed by atoms with E-state index in [0.29, 0.717) is 5.75 Å². The molecule has 0 spiro atoms. The zero-order chi connectivity index (χ0) is 11.5. The van der Waals surface area contributed by atoms with Gasteiger partial charge in [-0.1, -0.05) is 12.1 Å². The van der Waals surface area contributed by atoms with E-state index in [1.807, 2.05) is 24.3 Å². The topological polar surface area (TPSA) is 55.4 Å². The largest absolute Gasteiger partial charge is 0.497 e. The Morgan fingerprint density at radius 3 is 2.50 bits per heavy atom.